The van der Waals surface area contributed by atoms with Crippen LogP contribution in [0.4, 0.5) is 0 Å². The average molecular weight is 447 g/mol. The van der Waals surface area contributed by atoms with Crippen molar-refractivity contribution in [2.24, 2.45) is 0 Å². The molecule has 1 amide bonds. The monoisotopic (exact) mass is 446 g/mol. The topological polar surface area (TPSA) is 68.7 Å². The SMILES string of the molecule is COc1ccc(COC(=O)C2=C(c3cccnc3)S[C@H]3C(Br)C(=O)N23)cc1. The third kappa shape index (κ3) is 3.23. The number of hydrogen-bond acceptors (Lipinski definition) is 6. The number of pyridine rings is 1. The van der Waals surface area contributed by atoms with Gasteiger partial charge in [-0.05, 0) is 23.8 Å². The van der Waals surface area contributed by atoms with E-state index in [4.69, 9.17) is 9.47 Å². The smallest absolute Gasteiger partial charge is 0.356 e. The van der Waals surface area contributed by atoms with Crippen LogP contribution in [0.25, 0.3) is 4.91 Å². The van der Waals surface area contributed by atoms with Crippen molar-refractivity contribution in [1.82, 2.24) is 9.88 Å². The van der Waals surface area contributed by atoms with Crippen LogP contribution in [0, 0.1) is 0 Å². The Labute approximate surface area is 168 Å². The molecule has 1 aromatic carbocycles. The number of β-lactam (4-membered cyclic amide) rings is 1. The molecule has 8 heteroatoms. The zero-order chi connectivity index (χ0) is 19.0. The number of methoxy groups -OCH3 is 1. The summed E-state index contributed by atoms with van der Waals surface area (Å²) >= 11 is 4.85. The molecule has 1 fully saturated rings. The van der Waals surface area contributed by atoms with E-state index >= 15 is 0 Å². The fourth-order valence-corrected chi connectivity index (χ4v) is 5.02. The number of aromatic nitrogens is 1. The standard InChI is InChI=1S/C19H15BrN2O4S/c1-25-13-6-4-11(5-7-13)10-26-19(24)15-16(12-3-2-8-21-9-12)27-18-14(20)17(23)22(15)18/h2-9,14,18H,10H2,1H3/t14?,18-/m0/s1. The summed E-state index contributed by atoms with van der Waals surface area (Å²) < 4.78 is 10.6. The van der Waals surface area contributed by atoms with Crippen LogP contribution >= 0.6 is 27.7 Å². The van der Waals surface area contributed by atoms with Gasteiger partial charge in [0.15, 0.2) is 0 Å². The van der Waals surface area contributed by atoms with Crippen molar-refractivity contribution < 1.29 is 19.1 Å². The van der Waals surface area contributed by atoms with Gasteiger partial charge < -0.3 is 9.47 Å². The second-order valence-corrected chi connectivity index (χ2v) is 8.08. The Balaban J connectivity index is 1.57. The van der Waals surface area contributed by atoms with E-state index in [2.05, 4.69) is 20.9 Å². The predicted molar refractivity (Wildman–Crippen MR) is 105 cm³/mol. The van der Waals surface area contributed by atoms with E-state index in [1.165, 1.54) is 16.7 Å². The highest BCUT2D eigenvalue weighted by Gasteiger charge is 2.55. The van der Waals surface area contributed by atoms with E-state index < -0.39 is 5.97 Å². The quantitative estimate of drug-likeness (QED) is 0.399. The van der Waals surface area contributed by atoms with Gasteiger partial charge in [0.2, 0.25) is 5.91 Å². The molecule has 0 spiro atoms. The number of ether oxygens (including phenoxy) is 2. The molecule has 1 saturated heterocycles. The van der Waals surface area contributed by atoms with Crippen molar-refractivity contribution in [3.63, 3.8) is 0 Å². The maximum absolute atomic E-state index is 12.8. The first-order valence-corrected chi connectivity index (χ1v) is 9.98. The van der Waals surface area contributed by atoms with Crippen LogP contribution in [0.2, 0.25) is 0 Å². The molecule has 0 aliphatic carbocycles. The molecule has 0 saturated carbocycles. The second-order valence-electron chi connectivity index (χ2n) is 5.96. The number of rotatable bonds is 5. The Morgan fingerprint density at radius 1 is 1.30 bits per heavy atom. The second kappa shape index (κ2) is 7.36. The summed E-state index contributed by atoms with van der Waals surface area (Å²) in [6.07, 6.45) is 3.34. The lowest BCUT2D eigenvalue weighted by Gasteiger charge is -2.39. The molecule has 0 radical (unpaired) electrons. The van der Waals surface area contributed by atoms with E-state index in [0.29, 0.717) is 4.91 Å². The number of thioether (sulfide) groups is 1. The number of alkyl halides is 1. The van der Waals surface area contributed by atoms with E-state index in [1.54, 1.807) is 37.7 Å². The molecule has 2 aliphatic rings. The number of hydrogen-bond donors (Lipinski definition) is 0. The predicted octanol–water partition coefficient (Wildman–Crippen LogP) is 3.18. The van der Waals surface area contributed by atoms with Crippen LogP contribution in [0.15, 0.2) is 54.5 Å². The van der Waals surface area contributed by atoms with Gasteiger partial charge in [0.1, 0.15) is 28.3 Å². The van der Waals surface area contributed by atoms with Crippen molar-refractivity contribution >= 4 is 44.5 Å². The minimum atomic E-state index is -0.521. The molecular weight excluding hydrogens is 432 g/mol. The minimum absolute atomic E-state index is 0.113. The first-order chi connectivity index (χ1) is 13.1. The first kappa shape index (κ1) is 18.1. The molecule has 2 atom stereocenters. The molecular formula is C19H15BrN2O4S. The Bertz CT molecular complexity index is 917. The van der Waals surface area contributed by atoms with E-state index in [9.17, 15) is 9.59 Å². The molecule has 1 unspecified atom stereocenters. The van der Waals surface area contributed by atoms with Gasteiger partial charge in [-0.3, -0.25) is 14.7 Å². The van der Waals surface area contributed by atoms with Crippen molar-refractivity contribution in [2.45, 2.75) is 16.8 Å². The molecule has 0 N–H and O–H groups in total. The van der Waals surface area contributed by atoms with Crippen LogP contribution in [0.5, 0.6) is 5.75 Å². The summed E-state index contributed by atoms with van der Waals surface area (Å²) in [5.41, 5.74) is 1.91. The lowest BCUT2D eigenvalue weighted by molar-refractivity contribution is -0.148. The minimum Gasteiger partial charge on any atom is -0.497 e. The molecule has 138 valence electrons. The van der Waals surface area contributed by atoms with Gasteiger partial charge in [0.25, 0.3) is 0 Å². The number of amides is 1. The molecule has 0 bridgehead atoms. The highest BCUT2D eigenvalue weighted by molar-refractivity contribution is 9.10. The average Bonchev–Trinajstić information content (AvgIpc) is 3.09. The molecule has 1 aromatic heterocycles. The highest BCUT2D eigenvalue weighted by atomic mass is 79.9. The summed E-state index contributed by atoms with van der Waals surface area (Å²) in [7, 11) is 1.59. The maximum atomic E-state index is 12.8. The third-order valence-corrected chi connectivity index (χ3v) is 6.95. The zero-order valence-corrected chi connectivity index (χ0v) is 16.7. The lowest BCUT2D eigenvalue weighted by atomic mass is 10.1. The van der Waals surface area contributed by atoms with E-state index in [-0.39, 0.29) is 28.4 Å². The summed E-state index contributed by atoms with van der Waals surface area (Å²) in [6, 6.07) is 10.9. The molecule has 2 aliphatic heterocycles. The van der Waals surface area contributed by atoms with Gasteiger partial charge in [-0.2, -0.15) is 0 Å². The van der Waals surface area contributed by atoms with E-state index in [1.807, 2.05) is 18.2 Å². The van der Waals surface area contributed by atoms with Gasteiger partial charge in [0, 0.05) is 22.9 Å². The largest absolute Gasteiger partial charge is 0.497 e. The number of carbonyl (C=O) groups excluding carboxylic acids is 2. The molecule has 2 aromatic rings. The summed E-state index contributed by atoms with van der Waals surface area (Å²) in [4.78, 5) is 31.1. The number of benzene rings is 1. The molecule has 27 heavy (non-hydrogen) atoms. The lowest BCUT2D eigenvalue weighted by Crippen LogP contribution is -2.58. The molecule has 6 nitrogen and oxygen atoms in total. The van der Waals surface area contributed by atoms with Crippen LogP contribution in [-0.2, 0) is 20.9 Å². The summed E-state index contributed by atoms with van der Waals surface area (Å²) in [6.45, 7) is 0.113. The van der Waals surface area contributed by atoms with Gasteiger partial charge in [-0.15, -0.1) is 0 Å². The Morgan fingerprint density at radius 2 is 2.07 bits per heavy atom. The highest BCUT2D eigenvalue weighted by Crippen LogP contribution is 2.52. The molecule has 4 rings (SSSR count). The van der Waals surface area contributed by atoms with Crippen molar-refractivity contribution in [3.05, 3.63) is 65.6 Å². The van der Waals surface area contributed by atoms with Crippen molar-refractivity contribution in [3.8, 4) is 5.75 Å². The summed E-state index contributed by atoms with van der Waals surface area (Å²) in [5, 5.41) is -0.142. The first-order valence-electron chi connectivity index (χ1n) is 8.18. The third-order valence-electron chi connectivity index (χ3n) is 4.32. The fraction of sp³-hybridized carbons (Fsp3) is 0.211. The van der Waals surface area contributed by atoms with Crippen LogP contribution < -0.4 is 4.74 Å². The number of carbonyl (C=O) groups is 2. The Kier molecular flexibility index (Phi) is 4.92. The van der Waals surface area contributed by atoms with Gasteiger partial charge >= 0.3 is 5.97 Å². The van der Waals surface area contributed by atoms with Crippen LogP contribution in [-0.4, -0.2) is 39.1 Å². The zero-order valence-electron chi connectivity index (χ0n) is 14.3. The van der Waals surface area contributed by atoms with Gasteiger partial charge in [-0.1, -0.05) is 45.9 Å². The van der Waals surface area contributed by atoms with E-state index in [0.717, 1.165) is 16.9 Å². The fourth-order valence-electron chi connectivity index (χ4n) is 2.90. The number of esters is 1. The number of fused-ring (bicyclic) bond motifs is 1. The van der Waals surface area contributed by atoms with Crippen molar-refractivity contribution in [2.75, 3.05) is 7.11 Å². The van der Waals surface area contributed by atoms with Crippen molar-refractivity contribution in [1.29, 1.82) is 0 Å². The van der Waals surface area contributed by atoms with Gasteiger partial charge in [0.05, 0.1) is 7.11 Å². The maximum Gasteiger partial charge on any atom is 0.356 e. The Morgan fingerprint density at radius 3 is 2.74 bits per heavy atom. The summed E-state index contributed by atoms with van der Waals surface area (Å²) in [5.74, 6) is 0.0754. The van der Waals surface area contributed by atoms with Crippen LogP contribution in [0.3, 0.4) is 0 Å². The normalized spacial score (nSPS) is 21.0. The van der Waals surface area contributed by atoms with Crippen LogP contribution in [0.1, 0.15) is 11.1 Å². The molecule has 3 heterocycles. The number of nitrogens with zero attached hydrogens (tertiary/aromatic N) is 2. The number of halogens is 1. The van der Waals surface area contributed by atoms with Gasteiger partial charge in [-0.25, -0.2) is 4.79 Å². The Hall–Kier alpha value is -2.32.